The van der Waals surface area contributed by atoms with Crippen LogP contribution in [0, 0.1) is 6.92 Å². The van der Waals surface area contributed by atoms with Crippen LogP contribution < -0.4 is 15.2 Å². The molecule has 0 saturated carbocycles. The van der Waals surface area contributed by atoms with E-state index in [1.807, 2.05) is 6.92 Å². The Kier molecular flexibility index (Phi) is 3.85. The summed E-state index contributed by atoms with van der Waals surface area (Å²) >= 11 is 0. The predicted octanol–water partition coefficient (Wildman–Crippen LogP) is 2.39. The number of sulfonamides is 1. The highest BCUT2D eigenvalue weighted by Gasteiger charge is 2.15. The zero-order chi connectivity index (χ0) is 14.8. The molecule has 0 aliphatic rings. The molecule has 106 valence electrons. The summed E-state index contributed by atoms with van der Waals surface area (Å²) in [5, 5.41) is 0. The Balaban J connectivity index is 2.32. The van der Waals surface area contributed by atoms with Crippen molar-refractivity contribution in [3.8, 4) is 5.75 Å². The molecule has 0 aromatic heterocycles. The van der Waals surface area contributed by atoms with Crippen molar-refractivity contribution in [2.45, 2.75) is 11.8 Å². The fourth-order valence-electron chi connectivity index (χ4n) is 1.72. The third-order valence-electron chi connectivity index (χ3n) is 2.87. The van der Waals surface area contributed by atoms with Gasteiger partial charge in [0.05, 0.1) is 12.0 Å². The van der Waals surface area contributed by atoms with E-state index in [0.717, 1.165) is 5.56 Å². The Labute approximate surface area is 118 Å². The molecule has 3 N–H and O–H groups in total. The molecule has 5 nitrogen and oxygen atoms in total. The van der Waals surface area contributed by atoms with Crippen molar-refractivity contribution in [2.75, 3.05) is 17.6 Å². The molecule has 0 atom stereocenters. The van der Waals surface area contributed by atoms with Gasteiger partial charge in [-0.3, -0.25) is 4.72 Å². The summed E-state index contributed by atoms with van der Waals surface area (Å²) in [7, 11) is -2.16. The molecule has 2 rings (SSSR count). The maximum atomic E-state index is 12.3. The Morgan fingerprint density at radius 3 is 2.55 bits per heavy atom. The van der Waals surface area contributed by atoms with Crippen LogP contribution in [-0.4, -0.2) is 15.5 Å². The van der Waals surface area contributed by atoms with Gasteiger partial charge in [-0.25, -0.2) is 8.42 Å². The molecule has 0 aliphatic carbocycles. The zero-order valence-corrected chi connectivity index (χ0v) is 12.1. The molecular formula is C14H16N2O3S. The normalized spacial score (nSPS) is 11.1. The van der Waals surface area contributed by atoms with Gasteiger partial charge in [0.2, 0.25) is 0 Å². The van der Waals surface area contributed by atoms with E-state index >= 15 is 0 Å². The zero-order valence-electron chi connectivity index (χ0n) is 11.3. The maximum absolute atomic E-state index is 12.3. The van der Waals surface area contributed by atoms with Gasteiger partial charge in [0.15, 0.2) is 0 Å². The highest BCUT2D eigenvalue weighted by atomic mass is 32.2. The van der Waals surface area contributed by atoms with Crippen molar-refractivity contribution in [1.29, 1.82) is 0 Å². The van der Waals surface area contributed by atoms with Crippen LogP contribution in [0.2, 0.25) is 0 Å². The van der Waals surface area contributed by atoms with E-state index in [-0.39, 0.29) is 4.90 Å². The number of aryl methyl sites for hydroxylation is 1. The minimum Gasteiger partial charge on any atom is -0.497 e. The summed E-state index contributed by atoms with van der Waals surface area (Å²) in [6.45, 7) is 1.82. The van der Waals surface area contributed by atoms with Crippen LogP contribution in [0.5, 0.6) is 5.75 Å². The molecule has 0 fully saturated rings. The second-order valence-corrected chi connectivity index (χ2v) is 6.04. The van der Waals surface area contributed by atoms with Crippen molar-refractivity contribution in [3.05, 3.63) is 48.0 Å². The minimum atomic E-state index is -3.65. The van der Waals surface area contributed by atoms with Crippen LogP contribution >= 0.6 is 0 Å². The summed E-state index contributed by atoms with van der Waals surface area (Å²) in [5.41, 5.74) is 7.61. The van der Waals surface area contributed by atoms with Crippen LogP contribution in [-0.2, 0) is 10.0 Å². The average Bonchev–Trinajstić information content (AvgIpc) is 2.43. The second kappa shape index (κ2) is 5.42. The minimum absolute atomic E-state index is 0.145. The molecule has 0 radical (unpaired) electrons. The number of ether oxygens (including phenoxy) is 1. The average molecular weight is 292 g/mol. The molecule has 0 aliphatic heterocycles. The smallest absolute Gasteiger partial charge is 0.262 e. The summed E-state index contributed by atoms with van der Waals surface area (Å²) in [6.07, 6.45) is 0. The Hall–Kier alpha value is -2.21. The van der Waals surface area contributed by atoms with E-state index in [4.69, 9.17) is 10.5 Å². The van der Waals surface area contributed by atoms with Crippen molar-refractivity contribution in [2.24, 2.45) is 0 Å². The molecular weight excluding hydrogens is 276 g/mol. The Morgan fingerprint density at radius 1 is 1.15 bits per heavy atom. The van der Waals surface area contributed by atoms with Gasteiger partial charge in [0.25, 0.3) is 10.0 Å². The molecule has 0 heterocycles. The van der Waals surface area contributed by atoms with E-state index in [2.05, 4.69) is 4.72 Å². The number of hydrogen-bond donors (Lipinski definition) is 2. The first-order valence-electron chi connectivity index (χ1n) is 5.95. The molecule has 0 amide bonds. The molecule has 2 aromatic carbocycles. The van der Waals surface area contributed by atoms with Crippen LogP contribution in [0.25, 0.3) is 0 Å². The van der Waals surface area contributed by atoms with Gasteiger partial charge in [-0.05, 0) is 42.8 Å². The number of benzene rings is 2. The summed E-state index contributed by atoms with van der Waals surface area (Å²) in [5.74, 6) is 0.487. The van der Waals surface area contributed by atoms with Crippen molar-refractivity contribution in [3.63, 3.8) is 0 Å². The first-order chi connectivity index (χ1) is 9.42. The maximum Gasteiger partial charge on any atom is 0.262 e. The van der Waals surface area contributed by atoms with Crippen LogP contribution in [0.15, 0.2) is 47.4 Å². The fraction of sp³-hybridized carbons (Fsp3) is 0.143. The SMILES string of the molecule is COc1cccc(S(=O)(=O)Nc2ccc(N)c(C)c2)c1. The highest BCUT2D eigenvalue weighted by Crippen LogP contribution is 2.22. The largest absolute Gasteiger partial charge is 0.497 e. The van der Waals surface area contributed by atoms with Gasteiger partial charge in [0, 0.05) is 17.4 Å². The third kappa shape index (κ3) is 3.03. The number of anilines is 2. The Bertz CT molecular complexity index is 727. The topological polar surface area (TPSA) is 81.4 Å². The molecule has 20 heavy (non-hydrogen) atoms. The van der Waals surface area contributed by atoms with Gasteiger partial charge in [-0.2, -0.15) is 0 Å². The fourth-order valence-corrected chi connectivity index (χ4v) is 2.81. The second-order valence-electron chi connectivity index (χ2n) is 4.36. The first kappa shape index (κ1) is 14.2. The van der Waals surface area contributed by atoms with Crippen molar-refractivity contribution in [1.82, 2.24) is 0 Å². The molecule has 0 spiro atoms. The molecule has 0 bridgehead atoms. The molecule has 0 unspecified atom stereocenters. The summed E-state index contributed by atoms with van der Waals surface area (Å²) in [4.78, 5) is 0.145. The first-order valence-corrected chi connectivity index (χ1v) is 7.44. The lowest BCUT2D eigenvalue weighted by Gasteiger charge is -2.10. The number of nitrogens with two attached hydrogens (primary N) is 1. The Morgan fingerprint density at radius 2 is 1.90 bits per heavy atom. The van der Waals surface area contributed by atoms with Crippen LogP contribution in [0.3, 0.4) is 0 Å². The van der Waals surface area contributed by atoms with Gasteiger partial charge in [-0.15, -0.1) is 0 Å². The lowest BCUT2D eigenvalue weighted by atomic mass is 10.2. The van der Waals surface area contributed by atoms with E-state index in [1.165, 1.54) is 19.2 Å². The number of rotatable bonds is 4. The van der Waals surface area contributed by atoms with Crippen LogP contribution in [0.1, 0.15) is 5.56 Å². The van der Waals surface area contributed by atoms with E-state index in [1.54, 1.807) is 30.3 Å². The van der Waals surface area contributed by atoms with E-state index < -0.39 is 10.0 Å². The van der Waals surface area contributed by atoms with Gasteiger partial charge < -0.3 is 10.5 Å². The molecule has 6 heteroatoms. The van der Waals surface area contributed by atoms with Crippen molar-refractivity contribution >= 4 is 21.4 Å². The third-order valence-corrected chi connectivity index (χ3v) is 4.25. The standard InChI is InChI=1S/C14H16N2O3S/c1-10-8-11(6-7-14(10)15)16-20(17,18)13-5-3-4-12(9-13)19-2/h3-9,16H,15H2,1-2H3. The van der Waals surface area contributed by atoms with Crippen molar-refractivity contribution < 1.29 is 13.2 Å². The monoisotopic (exact) mass is 292 g/mol. The number of nitrogens with one attached hydrogen (secondary N) is 1. The van der Waals surface area contributed by atoms with Gasteiger partial charge in [0.1, 0.15) is 5.75 Å². The predicted molar refractivity (Wildman–Crippen MR) is 79.4 cm³/mol. The van der Waals surface area contributed by atoms with E-state index in [9.17, 15) is 8.42 Å². The lowest BCUT2D eigenvalue weighted by Crippen LogP contribution is -2.13. The van der Waals surface area contributed by atoms with Gasteiger partial charge >= 0.3 is 0 Å². The van der Waals surface area contributed by atoms with Gasteiger partial charge in [-0.1, -0.05) is 6.07 Å². The number of methoxy groups -OCH3 is 1. The lowest BCUT2D eigenvalue weighted by molar-refractivity contribution is 0.413. The number of hydrogen-bond acceptors (Lipinski definition) is 4. The van der Waals surface area contributed by atoms with E-state index in [0.29, 0.717) is 17.1 Å². The quantitative estimate of drug-likeness (QED) is 0.848. The molecule has 0 saturated heterocycles. The number of nitrogen functional groups attached to an aromatic ring is 1. The molecule has 2 aromatic rings. The summed E-state index contributed by atoms with van der Waals surface area (Å²) < 4.78 is 32.1. The van der Waals surface area contributed by atoms with Crippen LogP contribution in [0.4, 0.5) is 11.4 Å². The highest BCUT2D eigenvalue weighted by molar-refractivity contribution is 7.92. The summed E-state index contributed by atoms with van der Waals surface area (Å²) in [6, 6.07) is 11.3.